The monoisotopic (exact) mass is 258 g/mol. The van der Waals surface area contributed by atoms with Crippen LogP contribution in [0, 0.1) is 6.92 Å². The van der Waals surface area contributed by atoms with Crippen LogP contribution < -0.4 is 10.6 Å². The minimum Gasteiger partial charge on any atom is -0.479 e. The van der Waals surface area contributed by atoms with E-state index in [0.717, 1.165) is 0 Å². The Morgan fingerprint density at radius 3 is 2.72 bits per heavy atom. The van der Waals surface area contributed by atoms with Gasteiger partial charge in [0.1, 0.15) is 0 Å². The summed E-state index contributed by atoms with van der Waals surface area (Å²) in [4.78, 5) is 25.4. The molecule has 1 unspecified atom stereocenters. The molecule has 1 aromatic heterocycles. The molecule has 4 N–H and O–H groups in total. The fourth-order valence-corrected chi connectivity index (χ4v) is 1.07. The summed E-state index contributed by atoms with van der Waals surface area (Å²) in [7, 11) is 0. The van der Waals surface area contributed by atoms with Crippen LogP contribution in [0.25, 0.3) is 0 Å². The number of nitrogens with one attached hydrogen (secondary N) is 2. The summed E-state index contributed by atoms with van der Waals surface area (Å²) in [5.41, 5.74) is 0. The van der Waals surface area contributed by atoms with Gasteiger partial charge in [0.2, 0.25) is 5.89 Å². The highest BCUT2D eigenvalue weighted by atomic mass is 16.5. The number of hydrogen-bond acceptors (Lipinski definition) is 6. The lowest BCUT2D eigenvalue weighted by atomic mass is 10.3. The van der Waals surface area contributed by atoms with Crippen molar-refractivity contribution in [3.05, 3.63) is 11.7 Å². The molecule has 0 saturated heterocycles. The average Bonchev–Trinajstić information content (AvgIpc) is 2.71. The van der Waals surface area contributed by atoms with Crippen molar-refractivity contribution in [1.82, 2.24) is 20.8 Å². The van der Waals surface area contributed by atoms with Gasteiger partial charge in [-0.1, -0.05) is 5.16 Å². The van der Waals surface area contributed by atoms with Crippen molar-refractivity contribution >= 4 is 12.0 Å². The summed E-state index contributed by atoms with van der Waals surface area (Å²) in [6.45, 7) is 1.57. The molecule has 0 fully saturated rings. The van der Waals surface area contributed by atoms with Gasteiger partial charge < -0.3 is 25.4 Å². The van der Waals surface area contributed by atoms with Crippen LogP contribution in [0.15, 0.2) is 4.52 Å². The van der Waals surface area contributed by atoms with Gasteiger partial charge in [0.05, 0.1) is 6.54 Å². The highest BCUT2D eigenvalue weighted by Crippen LogP contribution is 1.94. The number of aliphatic hydroxyl groups is 1. The maximum Gasteiger partial charge on any atom is 0.334 e. The minimum atomic E-state index is -1.62. The van der Waals surface area contributed by atoms with Crippen molar-refractivity contribution in [3.8, 4) is 0 Å². The highest BCUT2D eigenvalue weighted by molar-refractivity contribution is 5.76. The van der Waals surface area contributed by atoms with Crippen molar-refractivity contribution < 1.29 is 24.3 Å². The fraction of sp³-hybridized carbons (Fsp3) is 0.556. The molecule has 1 heterocycles. The van der Waals surface area contributed by atoms with Gasteiger partial charge in [-0.05, 0) is 0 Å². The largest absolute Gasteiger partial charge is 0.479 e. The summed E-state index contributed by atoms with van der Waals surface area (Å²) in [6, 6.07) is -0.574. The van der Waals surface area contributed by atoms with Crippen LogP contribution >= 0.6 is 0 Å². The zero-order valence-electron chi connectivity index (χ0n) is 9.71. The third kappa shape index (κ3) is 4.78. The Balaban J connectivity index is 2.15. The fourth-order valence-electron chi connectivity index (χ4n) is 1.07. The van der Waals surface area contributed by atoms with E-state index in [1.807, 2.05) is 0 Å². The Labute approximate surface area is 102 Å². The first-order chi connectivity index (χ1) is 8.49. The van der Waals surface area contributed by atoms with E-state index in [9.17, 15) is 9.59 Å². The molecule has 0 bridgehead atoms. The number of carbonyl (C=O) groups is 2. The summed E-state index contributed by atoms with van der Waals surface area (Å²) in [5.74, 6) is -0.477. The minimum absolute atomic E-state index is 0.272. The third-order valence-corrected chi connectivity index (χ3v) is 1.94. The lowest BCUT2D eigenvalue weighted by Crippen LogP contribution is -2.42. The average molecular weight is 258 g/mol. The van der Waals surface area contributed by atoms with Crippen molar-refractivity contribution in [2.75, 3.05) is 13.1 Å². The number of carbonyl (C=O) groups excluding carboxylic acids is 1. The predicted molar refractivity (Wildman–Crippen MR) is 57.8 cm³/mol. The maximum absolute atomic E-state index is 11.2. The lowest BCUT2D eigenvalue weighted by molar-refractivity contribution is -0.146. The maximum atomic E-state index is 11.2. The molecule has 9 nitrogen and oxygen atoms in total. The Morgan fingerprint density at radius 2 is 2.17 bits per heavy atom. The molecule has 0 radical (unpaired) electrons. The third-order valence-electron chi connectivity index (χ3n) is 1.94. The molecule has 0 aliphatic rings. The van der Waals surface area contributed by atoms with Gasteiger partial charge in [0, 0.05) is 19.9 Å². The molecule has 1 aromatic rings. The summed E-state index contributed by atoms with van der Waals surface area (Å²) >= 11 is 0. The van der Waals surface area contributed by atoms with Gasteiger partial charge in [-0.3, -0.25) is 0 Å². The number of aliphatic carboxylic acids is 1. The van der Waals surface area contributed by atoms with E-state index in [2.05, 4.69) is 20.8 Å². The molecular weight excluding hydrogens is 244 g/mol. The smallest absolute Gasteiger partial charge is 0.334 e. The zero-order valence-corrected chi connectivity index (χ0v) is 9.71. The van der Waals surface area contributed by atoms with Gasteiger partial charge in [0.15, 0.2) is 11.9 Å². The van der Waals surface area contributed by atoms with Crippen LogP contribution in [0.2, 0.25) is 0 Å². The van der Waals surface area contributed by atoms with Crippen molar-refractivity contribution in [2.24, 2.45) is 0 Å². The Morgan fingerprint density at radius 1 is 1.44 bits per heavy atom. The second-order valence-electron chi connectivity index (χ2n) is 3.47. The molecule has 0 aliphatic carbocycles. The first-order valence-electron chi connectivity index (χ1n) is 5.21. The number of aliphatic hydroxyl groups excluding tert-OH is 1. The number of aryl methyl sites for hydroxylation is 1. The summed E-state index contributed by atoms with van der Waals surface area (Å²) in [6.07, 6.45) is -1.22. The van der Waals surface area contributed by atoms with Crippen molar-refractivity contribution in [1.29, 1.82) is 0 Å². The molecule has 9 heteroatoms. The van der Waals surface area contributed by atoms with Crippen LogP contribution in [0.4, 0.5) is 4.79 Å². The molecule has 0 aliphatic heterocycles. The number of rotatable bonds is 6. The zero-order chi connectivity index (χ0) is 13.5. The van der Waals surface area contributed by atoms with Crippen LogP contribution in [0.1, 0.15) is 11.7 Å². The first kappa shape index (κ1) is 13.9. The Kier molecular flexibility index (Phi) is 5.06. The van der Waals surface area contributed by atoms with E-state index in [4.69, 9.17) is 14.7 Å². The number of carboxylic acid groups (broad SMARTS) is 1. The summed E-state index contributed by atoms with van der Waals surface area (Å²) < 4.78 is 4.74. The van der Waals surface area contributed by atoms with Gasteiger partial charge in [-0.15, -0.1) is 0 Å². The molecule has 0 saturated carbocycles. The van der Waals surface area contributed by atoms with Gasteiger partial charge in [-0.2, -0.15) is 4.98 Å². The van der Waals surface area contributed by atoms with Crippen LogP contribution in [-0.4, -0.2) is 51.5 Å². The highest BCUT2D eigenvalue weighted by Gasteiger charge is 2.13. The molecule has 1 atom stereocenters. The molecule has 18 heavy (non-hydrogen) atoms. The SMILES string of the molecule is Cc1nc(CCNC(=O)NCC(O)C(=O)O)no1. The number of nitrogens with zero attached hydrogens (tertiary/aromatic N) is 2. The summed E-state index contributed by atoms with van der Waals surface area (Å²) in [5, 5.41) is 25.6. The number of urea groups is 1. The van der Waals surface area contributed by atoms with Crippen LogP contribution in [-0.2, 0) is 11.2 Å². The lowest BCUT2D eigenvalue weighted by Gasteiger charge is -2.08. The van der Waals surface area contributed by atoms with Crippen LogP contribution in [0.3, 0.4) is 0 Å². The number of hydrogen-bond donors (Lipinski definition) is 4. The van der Waals surface area contributed by atoms with Gasteiger partial charge >= 0.3 is 12.0 Å². The van der Waals surface area contributed by atoms with Gasteiger partial charge in [0.25, 0.3) is 0 Å². The molecule has 0 aromatic carbocycles. The molecule has 100 valence electrons. The number of amides is 2. The van der Waals surface area contributed by atoms with E-state index in [0.29, 0.717) is 18.1 Å². The van der Waals surface area contributed by atoms with Crippen LogP contribution in [0.5, 0.6) is 0 Å². The standard InChI is InChI=1S/C9H14N4O5/c1-5-12-7(13-18-5)2-3-10-9(17)11-4-6(14)8(15)16/h6,14H,2-4H2,1H3,(H,15,16)(H2,10,11,17). The first-order valence-corrected chi connectivity index (χ1v) is 5.21. The number of carboxylic acids is 1. The molecule has 0 spiro atoms. The van der Waals surface area contributed by atoms with E-state index in [1.165, 1.54) is 0 Å². The quantitative estimate of drug-likeness (QED) is 0.495. The van der Waals surface area contributed by atoms with E-state index in [1.54, 1.807) is 6.92 Å². The molecular formula is C9H14N4O5. The second-order valence-corrected chi connectivity index (χ2v) is 3.47. The predicted octanol–water partition coefficient (Wildman–Crippen LogP) is -1.33. The van der Waals surface area contributed by atoms with Crippen molar-refractivity contribution in [2.45, 2.75) is 19.4 Å². The van der Waals surface area contributed by atoms with Crippen molar-refractivity contribution in [3.63, 3.8) is 0 Å². The topological polar surface area (TPSA) is 138 Å². The second kappa shape index (κ2) is 6.55. The molecule has 1 rings (SSSR count). The van der Waals surface area contributed by atoms with Gasteiger partial charge in [-0.25, -0.2) is 9.59 Å². The van der Waals surface area contributed by atoms with E-state index >= 15 is 0 Å². The van der Waals surface area contributed by atoms with E-state index < -0.39 is 18.1 Å². The van der Waals surface area contributed by atoms with E-state index in [-0.39, 0.29) is 13.1 Å². The Bertz CT molecular complexity index is 419. The normalized spacial score (nSPS) is 11.9. The number of aromatic nitrogens is 2. The Hall–Kier alpha value is -2.16. The molecule has 2 amide bonds.